The van der Waals surface area contributed by atoms with Gasteiger partial charge in [0.15, 0.2) is 17.6 Å². The van der Waals surface area contributed by atoms with Crippen molar-refractivity contribution in [2.24, 2.45) is 0 Å². The van der Waals surface area contributed by atoms with Crippen molar-refractivity contribution >= 4 is 11.9 Å². The van der Waals surface area contributed by atoms with Gasteiger partial charge in [-0.15, -0.1) is 0 Å². The summed E-state index contributed by atoms with van der Waals surface area (Å²) in [6, 6.07) is 3.59. The summed E-state index contributed by atoms with van der Waals surface area (Å²) in [6.07, 6.45) is -8.81. The molecule has 0 aliphatic carbocycles. The van der Waals surface area contributed by atoms with Crippen LogP contribution in [0.25, 0.3) is 0 Å². The third kappa shape index (κ3) is 3.41. The van der Waals surface area contributed by atoms with Crippen molar-refractivity contribution in [2.45, 2.75) is 30.7 Å². The topological polar surface area (TPSA) is 163 Å². The zero-order chi connectivity index (χ0) is 18.0. The second-order valence-corrected chi connectivity index (χ2v) is 5.02. The Bertz CT molecular complexity index is 630. The standard InChI is InChI=1S/C14H16O10/c1-22-7-4-5(12(18)19)2-3-6(7)23-14-10(17)8(15)9(16)11(24-14)13(20)21/h2-4,8-11,14-17H,1H3,(H,18,19)(H,20,21). The molecule has 1 aliphatic heterocycles. The van der Waals surface area contributed by atoms with E-state index in [2.05, 4.69) is 0 Å². The van der Waals surface area contributed by atoms with Crippen LogP contribution in [0.5, 0.6) is 11.5 Å². The molecule has 2 rings (SSSR count). The van der Waals surface area contributed by atoms with Crippen molar-refractivity contribution in [3.8, 4) is 11.5 Å². The molecule has 1 heterocycles. The van der Waals surface area contributed by atoms with Crippen LogP contribution in [0, 0.1) is 0 Å². The first-order valence-corrected chi connectivity index (χ1v) is 6.76. The molecule has 0 saturated carbocycles. The average Bonchev–Trinajstić information content (AvgIpc) is 2.54. The number of rotatable bonds is 5. The molecular formula is C14H16O10. The molecule has 0 spiro atoms. The zero-order valence-electron chi connectivity index (χ0n) is 12.4. The van der Waals surface area contributed by atoms with E-state index in [1.54, 1.807) is 0 Å². The first kappa shape index (κ1) is 17.9. The molecule has 0 aromatic heterocycles. The number of hydrogen-bond donors (Lipinski definition) is 5. The van der Waals surface area contributed by atoms with Gasteiger partial charge in [-0.2, -0.15) is 0 Å². The predicted molar refractivity (Wildman–Crippen MR) is 74.9 cm³/mol. The molecule has 5 atom stereocenters. The minimum Gasteiger partial charge on any atom is -0.493 e. The van der Waals surface area contributed by atoms with Crippen molar-refractivity contribution in [1.29, 1.82) is 0 Å². The summed E-state index contributed by atoms with van der Waals surface area (Å²) in [5, 5.41) is 47.1. The predicted octanol–water partition coefficient (Wildman–Crippen LogP) is -1.34. The summed E-state index contributed by atoms with van der Waals surface area (Å²) in [4.78, 5) is 22.0. The Hall–Kier alpha value is -2.40. The van der Waals surface area contributed by atoms with Gasteiger partial charge in [0, 0.05) is 0 Å². The van der Waals surface area contributed by atoms with E-state index in [1.807, 2.05) is 0 Å². The zero-order valence-corrected chi connectivity index (χ0v) is 12.4. The number of aliphatic hydroxyl groups is 3. The van der Waals surface area contributed by atoms with Gasteiger partial charge >= 0.3 is 11.9 Å². The lowest BCUT2D eigenvalue weighted by molar-refractivity contribution is -0.271. The summed E-state index contributed by atoms with van der Waals surface area (Å²) in [7, 11) is 1.25. The Morgan fingerprint density at radius 2 is 1.71 bits per heavy atom. The maximum atomic E-state index is 11.0. The first-order valence-electron chi connectivity index (χ1n) is 6.76. The number of hydrogen-bond acceptors (Lipinski definition) is 8. The number of aliphatic hydroxyl groups excluding tert-OH is 3. The third-order valence-electron chi connectivity index (χ3n) is 3.47. The van der Waals surface area contributed by atoms with Crippen LogP contribution in [0.2, 0.25) is 0 Å². The highest BCUT2D eigenvalue weighted by Crippen LogP contribution is 2.32. The molecule has 0 amide bonds. The van der Waals surface area contributed by atoms with Crippen molar-refractivity contribution < 1.29 is 49.3 Å². The fraction of sp³-hybridized carbons (Fsp3) is 0.429. The average molecular weight is 344 g/mol. The Balaban J connectivity index is 2.26. The highest BCUT2D eigenvalue weighted by Gasteiger charge is 2.48. The normalized spacial score (nSPS) is 29.8. The molecule has 132 valence electrons. The molecule has 1 saturated heterocycles. The Kier molecular flexibility index (Phi) is 5.24. The van der Waals surface area contributed by atoms with E-state index in [9.17, 15) is 24.9 Å². The van der Waals surface area contributed by atoms with Gasteiger partial charge < -0.3 is 39.7 Å². The summed E-state index contributed by atoms with van der Waals surface area (Å²) < 4.78 is 15.3. The monoisotopic (exact) mass is 344 g/mol. The Labute approximate surface area is 135 Å². The minimum absolute atomic E-state index is 0.00168. The minimum atomic E-state index is -1.84. The van der Waals surface area contributed by atoms with Crippen LogP contribution in [-0.4, -0.2) is 75.3 Å². The molecule has 1 aromatic carbocycles. The summed E-state index contributed by atoms with van der Waals surface area (Å²) in [5.41, 5.74) is -0.0804. The lowest BCUT2D eigenvalue weighted by Gasteiger charge is -2.38. The number of methoxy groups -OCH3 is 1. The van der Waals surface area contributed by atoms with Gasteiger partial charge in [0.25, 0.3) is 0 Å². The largest absolute Gasteiger partial charge is 0.493 e. The van der Waals surface area contributed by atoms with Crippen molar-refractivity contribution in [3.63, 3.8) is 0 Å². The SMILES string of the molecule is COc1cc(C(=O)O)ccc1OC1OC(C(=O)O)C(O)C(O)C1O. The van der Waals surface area contributed by atoms with E-state index >= 15 is 0 Å². The first-order chi connectivity index (χ1) is 11.3. The molecular weight excluding hydrogens is 328 g/mol. The van der Waals surface area contributed by atoms with E-state index < -0.39 is 42.6 Å². The molecule has 5 unspecified atom stereocenters. The van der Waals surface area contributed by atoms with E-state index in [0.717, 1.165) is 6.07 Å². The number of aliphatic carboxylic acids is 1. The van der Waals surface area contributed by atoms with Crippen molar-refractivity contribution in [3.05, 3.63) is 23.8 Å². The molecule has 1 fully saturated rings. The number of carboxylic acids is 2. The molecule has 24 heavy (non-hydrogen) atoms. The molecule has 5 N–H and O–H groups in total. The van der Waals surface area contributed by atoms with Crippen LogP contribution < -0.4 is 9.47 Å². The van der Waals surface area contributed by atoms with Gasteiger partial charge in [-0.05, 0) is 18.2 Å². The van der Waals surface area contributed by atoms with Gasteiger partial charge in [-0.25, -0.2) is 9.59 Å². The van der Waals surface area contributed by atoms with E-state index in [0.29, 0.717) is 0 Å². The van der Waals surface area contributed by atoms with Crippen LogP contribution in [-0.2, 0) is 9.53 Å². The molecule has 0 radical (unpaired) electrons. The number of carboxylic acid groups (broad SMARTS) is 2. The van der Waals surface area contributed by atoms with Crippen molar-refractivity contribution in [1.82, 2.24) is 0 Å². The van der Waals surface area contributed by atoms with E-state index in [-0.39, 0.29) is 17.1 Å². The number of benzene rings is 1. The van der Waals surface area contributed by atoms with Gasteiger partial charge in [0.1, 0.15) is 18.3 Å². The molecule has 1 aliphatic rings. The third-order valence-corrected chi connectivity index (χ3v) is 3.47. The van der Waals surface area contributed by atoms with Crippen LogP contribution in [0.1, 0.15) is 10.4 Å². The molecule has 0 bridgehead atoms. The fourth-order valence-electron chi connectivity index (χ4n) is 2.17. The van der Waals surface area contributed by atoms with Crippen LogP contribution in [0.15, 0.2) is 18.2 Å². The fourth-order valence-corrected chi connectivity index (χ4v) is 2.17. The van der Waals surface area contributed by atoms with Gasteiger partial charge in [-0.3, -0.25) is 0 Å². The van der Waals surface area contributed by atoms with Gasteiger partial charge in [-0.1, -0.05) is 0 Å². The highest BCUT2D eigenvalue weighted by molar-refractivity contribution is 5.88. The molecule has 1 aromatic rings. The smallest absolute Gasteiger partial charge is 0.335 e. The molecule has 10 heteroatoms. The molecule has 10 nitrogen and oxygen atoms in total. The number of ether oxygens (including phenoxy) is 3. The van der Waals surface area contributed by atoms with Crippen LogP contribution >= 0.6 is 0 Å². The lowest BCUT2D eigenvalue weighted by atomic mass is 9.99. The van der Waals surface area contributed by atoms with Crippen molar-refractivity contribution in [2.75, 3.05) is 7.11 Å². The summed E-state index contributed by atoms with van der Waals surface area (Å²) in [6.45, 7) is 0. The Morgan fingerprint density at radius 1 is 1.04 bits per heavy atom. The second-order valence-electron chi connectivity index (χ2n) is 5.02. The van der Waals surface area contributed by atoms with Gasteiger partial charge in [0.2, 0.25) is 6.29 Å². The maximum Gasteiger partial charge on any atom is 0.335 e. The van der Waals surface area contributed by atoms with E-state index in [4.69, 9.17) is 24.4 Å². The van der Waals surface area contributed by atoms with Crippen LogP contribution in [0.4, 0.5) is 0 Å². The summed E-state index contributed by atoms with van der Waals surface area (Å²) in [5.74, 6) is -2.79. The second kappa shape index (κ2) is 7.01. The quantitative estimate of drug-likeness (QED) is 0.432. The lowest BCUT2D eigenvalue weighted by Crippen LogP contribution is -2.61. The van der Waals surface area contributed by atoms with Crippen LogP contribution in [0.3, 0.4) is 0 Å². The number of aromatic carboxylic acids is 1. The van der Waals surface area contributed by atoms with Gasteiger partial charge in [0.05, 0.1) is 12.7 Å². The van der Waals surface area contributed by atoms with E-state index in [1.165, 1.54) is 19.2 Å². The highest BCUT2D eigenvalue weighted by atomic mass is 16.7. The summed E-state index contributed by atoms with van der Waals surface area (Å²) >= 11 is 0. The Morgan fingerprint density at radius 3 is 2.25 bits per heavy atom. The number of carbonyl (C=O) groups is 2. The maximum absolute atomic E-state index is 11.0.